The van der Waals surface area contributed by atoms with Crippen LogP contribution in [0.2, 0.25) is 0 Å². The van der Waals surface area contributed by atoms with Crippen LogP contribution in [-0.4, -0.2) is 9.55 Å². The maximum absolute atomic E-state index is 5.40. The van der Waals surface area contributed by atoms with Crippen molar-refractivity contribution in [1.29, 1.82) is 0 Å². The van der Waals surface area contributed by atoms with Crippen LogP contribution in [0.25, 0.3) is 82.3 Å². The van der Waals surface area contributed by atoms with E-state index >= 15 is 0 Å². The molecule has 2 nitrogen and oxygen atoms in total. The number of fused-ring (bicyclic) bond motifs is 9. The molecule has 0 radical (unpaired) electrons. The zero-order chi connectivity index (χ0) is 28.3. The first kappa shape index (κ1) is 23.9. The van der Waals surface area contributed by atoms with Gasteiger partial charge in [0.2, 0.25) is 0 Å². The van der Waals surface area contributed by atoms with Crippen LogP contribution in [0, 0.1) is 0 Å². The lowest BCUT2D eigenvalue weighted by Crippen LogP contribution is -1.98. The molecule has 0 amide bonds. The average molecular weight is 547 g/mol. The zero-order valence-electron chi connectivity index (χ0n) is 23.4. The fourth-order valence-corrected chi connectivity index (χ4v) is 6.93. The van der Waals surface area contributed by atoms with Crippen LogP contribution < -0.4 is 0 Å². The average Bonchev–Trinajstić information content (AvgIpc) is 3.42. The van der Waals surface area contributed by atoms with Gasteiger partial charge in [-0.05, 0) is 52.1 Å². The molecule has 0 bridgehead atoms. The Morgan fingerprint density at radius 3 is 1.42 bits per heavy atom. The van der Waals surface area contributed by atoms with E-state index < -0.39 is 0 Å². The smallest absolute Gasteiger partial charge is 0.0794 e. The Bertz CT molecular complexity index is 2430. The summed E-state index contributed by atoms with van der Waals surface area (Å²) >= 11 is 0. The number of para-hydroxylation sites is 3. The molecule has 0 saturated heterocycles. The van der Waals surface area contributed by atoms with Crippen molar-refractivity contribution < 1.29 is 0 Å². The number of pyridine rings is 1. The molecular weight excluding hydrogens is 520 g/mol. The van der Waals surface area contributed by atoms with E-state index in [0.29, 0.717) is 0 Å². The van der Waals surface area contributed by atoms with Gasteiger partial charge < -0.3 is 4.57 Å². The van der Waals surface area contributed by atoms with E-state index in [1.807, 2.05) is 0 Å². The fraction of sp³-hybridized carbons (Fsp3) is 0. The highest BCUT2D eigenvalue weighted by Crippen LogP contribution is 2.40. The SMILES string of the molecule is c1ccc(-c2ccccc2-n2c3ccccc3c3ccccc32)c(-c2ccc3c4ccccc4c4ccccc4c3n2)c1. The van der Waals surface area contributed by atoms with E-state index in [0.717, 1.165) is 28.0 Å². The monoisotopic (exact) mass is 546 g/mol. The number of rotatable bonds is 3. The Hall–Kier alpha value is -5.73. The predicted octanol–water partition coefficient (Wildman–Crippen LogP) is 11.0. The van der Waals surface area contributed by atoms with Crippen LogP contribution in [-0.2, 0) is 0 Å². The predicted molar refractivity (Wildman–Crippen MR) is 182 cm³/mol. The van der Waals surface area contributed by atoms with Gasteiger partial charge in [0.05, 0.1) is 27.9 Å². The zero-order valence-corrected chi connectivity index (χ0v) is 23.4. The summed E-state index contributed by atoms with van der Waals surface area (Å²) in [5, 5.41) is 8.62. The first-order valence-corrected chi connectivity index (χ1v) is 14.7. The summed E-state index contributed by atoms with van der Waals surface area (Å²) in [4.78, 5) is 5.40. The van der Waals surface area contributed by atoms with Crippen LogP contribution in [0.1, 0.15) is 0 Å². The van der Waals surface area contributed by atoms with E-state index in [4.69, 9.17) is 4.98 Å². The van der Waals surface area contributed by atoms with Crippen molar-refractivity contribution in [2.75, 3.05) is 0 Å². The molecule has 2 aromatic heterocycles. The van der Waals surface area contributed by atoms with Crippen LogP contribution in [0.4, 0.5) is 0 Å². The molecule has 9 rings (SSSR count). The molecule has 200 valence electrons. The third kappa shape index (κ3) is 3.57. The summed E-state index contributed by atoms with van der Waals surface area (Å²) in [6, 6.07) is 56.5. The molecule has 0 aliphatic carbocycles. The third-order valence-corrected chi connectivity index (χ3v) is 8.80. The molecule has 0 unspecified atom stereocenters. The molecule has 0 atom stereocenters. The second-order valence-electron chi connectivity index (χ2n) is 11.1. The Morgan fingerprint density at radius 1 is 0.326 bits per heavy atom. The number of nitrogens with zero attached hydrogens (tertiary/aromatic N) is 2. The van der Waals surface area contributed by atoms with Gasteiger partial charge in [-0.3, -0.25) is 0 Å². The summed E-state index contributed by atoms with van der Waals surface area (Å²) in [5.41, 5.74) is 9.04. The van der Waals surface area contributed by atoms with Crippen LogP contribution in [0.15, 0.2) is 158 Å². The Morgan fingerprint density at radius 2 is 0.767 bits per heavy atom. The third-order valence-electron chi connectivity index (χ3n) is 8.80. The highest BCUT2D eigenvalue weighted by molar-refractivity contribution is 6.24. The molecule has 0 N–H and O–H groups in total. The Balaban J connectivity index is 1.31. The van der Waals surface area contributed by atoms with E-state index in [9.17, 15) is 0 Å². The van der Waals surface area contributed by atoms with Crippen molar-refractivity contribution in [3.8, 4) is 28.1 Å². The molecule has 0 fully saturated rings. The van der Waals surface area contributed by atoms with E-state index in [1.54, 1.807) is 0 Å². The molecule has 2 heterocycles. The van der Waals surface area contributed by atoms with Crippen LogP contribution in [0.5, 0.6) is 0 Å². The highest BCUT2D eigenvalue weighted by Gasteiger charge is 2.18. The second kappa shape index (κ2) is 9.40. The fourth-order valence-electron chi connectivity index (χ4n) is 6.93. The molecule has 0 saturated carbocycles. The normalized spacial score (nSPS) is 11.7. The van der Waals surface area contributed by atoms with Gasteiger partial charge in [0.25, 0.3) is 0 Å². The summed E-state index contributed by atoms with van der Waals surface area (Å²) in [6.07, 6.45) is 0. The van der Waals surface area contributed by atoms with E-state index in [1.165, 1.54) is 54.3 Å². The highest BCUT2D eigenvalue weighted by atomic mass is 15.0. The summed E-state index contributed by atoms with van der Waals surface area (Å²) in [7, 11) is 0. The minimum absolute atomic E-state index is 0.973. The van der Waals surface area contributed by atoms with Gasteiger partial charge in [0, 0.05) is 32.7 Å². The molecule has 0 aliphatic heterocycles. The molecule has 0 aliphatic rings. The second-order valence-corrected chi connectivity index (χ2v) is 11.1. The van der Waals surface area contributed by atoms with Crippen molar-refractivity contribution >= 4 is 54.3 Å². The van der Waals surface area contributed by atoms with Gasteiger partial charge in [0.15, 0.2) is 0 Å². The minimum atomic E-state index is 0.973. The first-order chi connectivity index (χ1) is 21.4. The van der Waals surface area contributed by atoms with Crippen molar-refractivity contribution in [1.82, 2.24) is 9.55 Å². The Labute approximate surface area is 249 Å². The topological polar surface area (TPSA) is 17.8 Å². The van der Waals surface area contributed by atoms with Gasteiger partial charge in [-0.25, -0.2) is 4.98 Å². The van der Waals surface area contributed by atoms with Gasteiger partial charge >= 0.3 is 0 Å². The van der Waals surface area contributed by atoms with E-state index in [-0.39, 0.29) is 0 Å². The van der Waals surface area contributed by atoms with Crippen molar-refractivity contribution in [2.45, 2.75) is 0 Å². The summed E-state index contributed by atoms with van der Waals surface area (Å²) in [5.74, 6) is 0. The van der Waals surface area contributed by atoms with Crippen LogP contribution >= 0.6 is 0 Å². The number of hydrogen-bond donors (Lipinski definition) is 0. The molecule has 43 heavy (non-hydrogen) atoms. The largest absolute Gasteiger partial charge is 0.309 e. The lowest BCUT2D eigenvalue weighted by atomic mass is 9.94. The maximum atomic E-state index is 5.40. The van der Waals surface area contributed by atoms with Crippen LogP contribution in [0.3, 0.4) is 0 Å². The van der Waals surface area contributed by atoms with Gasteiger partial charge in [-0.1, -0.05) is 127 Å². The molecule has 2 heteroatoms. The number of aromatic nitrogens is 2. The quantitative estimate of drug-likeness (QED) is 0.202. The lowest BCUT2D eigenvalue weighted by Gasteiger charge is -2.17. The van der Waals surface area contributed by atoms with Gasteiger partial charge in [0.1, 0.15) is 0 Å². The van der Waals surface area contributed by atoms with Crippen molar-refractivity contribution in [2.24, 2.45) is 0 Å². The maximum Gasteiger partial charge on any atom is 0.0794 e. The lowest BCUT2D eigenvalue weighted by molar-refractivity contribution is 1.18. The number of benzene rings is 7. The molecule has 9 aromatic rings. The van der Waals surface area contributed by atoms with E-state index in [2.05, 4.69) is 162 Å². The van der Waals surface area contributed by atoms with Crippen molar-refractivity contribution in [3.05, 3.63) is 158 Å². The first-order valence-electron chi connectivity index (χ1n) is 14.7. The van der Waals surface area contributed by atoms with Crippen molar-refractivity contribution in [3.63, 3.8) is 0 Å². The van der Waals surface area contributed by atoms with Gasteiger partial charge in [-0.15, -0.1) is 0 Å². The minimum Gasteiger partial charge on any atom is -0.309 e. The number of hydrogen-bond acceptors (Lipinski definition) is 1. The standard InChI is InChI=1S/C41H26N2/c1-2-15-29-27(13-1)28-14-4-6-21-35(28)41-36(29)25-26-37(42-41)31-17-5-3-16-30(31)32-18-7-10-22-38(32)43-39-23-11-8-19-33(39)34-20-9-12-24-40(34)43/h1-26H. The molecule has 0 spiro atoms. The molecular formula is C41H26N2. The van der Waals surface area contributed by atoms with Gasteiger partial charge in [-0.2, -0.15) is 0 Å². The molecule has 7 aromatic carbocycles. The summed E-state index contributed by atoms with van der Waals surface area (Å²) in [6.45, 7) is 0. The Kier molecular flexibility index (Phi) is 5.23. The summed E-state index contributed by atoms with van der Waals surface area (Å²) < 4.78 is 2.41.